The number of rotatable bonds is 3. The van der Waals surface area contributed by atoms with E-state index in [2.05, 4.69) is 20.9 Å². The maximum absolute atomic E-state index is 11.0. The highest BCUT2D eigenvalue weighted by Gasteiger charge is 2.15. The molecule has 0 bridgehead atoms. The smallest absolute Gasteiger partial charge is 0.337 e. The Hall–Kier alpha value is -1.75. The fourth-order valence-corrected chi connectivity index (χ4v) is 2.18. The molecule has 0 saturated heterocycles. The summed E-state index contributed by atoms with van der Waals surface area (Å²) in [5, 5.41) is 9.05. The Morgan fingerprint density at radius 3 is 2.67 bits per heavy atom. The van der Waals surface area contributed by atoms with E-state index in [1.54, 1.807) is 20.1 Å². The molecule has 2 N–H and O–H groups in total. The van der Waals surface area contributed by atoms with Crippen molar-refractivity contribution in [2.45, 2.75) is 6.92 Å². The summed E-state index contributed by atoms with van der Waals surface area (Å²) in [5.74, 6) is -0.250. The molecule has 94 valence electrons. The monoisotopic (exact) mass is 309 g/mol. The van der Waals surface area contributed by atoms with Crippen molar-refractivity contribution < 1.29 is 14.6 Å². The molecule has 0 unspecified atom stereocenters. The molecular weight excluding hydrogens is 298 g/mol. The normalized spacial score (nSPS) is 10.4. The highest BCUT2D eigenvalue weighted by atomic mass is 79.9. The number of H-pyrrole nitrogens is 1. The first-order valence-electron chi connectivity index (χ1n) is 5.29. The molecule has 1 aromatic carbocycles. The minimum Gasteiger partial charge on any atom is -0.496 e. The van der Waals surface area contributed by atoms with Gasteiger partial charge >= 0.3 is 5.97 Å². The van der Waals surface area contributed by atoms with Gasteiger partial charge in [0.05, 0.1) is 18.4 Å². The van der Waals surface area contributed by atoms with Gasteiger partial charge in [0, 0.05) is 15.7 Å². The van der Waals surface area contributed by atoms with E-state index in [1.165, 1.54) is 0 Å². The minimum absolute atomic E-state index is 0.270. The molecule has 0 aliphatic carbocycles. The Morgan fingerprint density at radius 2 is 2.11 bits per heavy atom. The SMILES string of the molecule is COc1ccc(Br)cc1-c1cc(C(=O)O)c(C)[nH]1. The number of halogens is 1. The number of carboxylic acids is 1. The van der Waals surface area contributed by atoms with Crippen molar-refractivity contribution in [3.8, 4) is 17.0 Å². The Labute approximate surface area is 113 Å². The van der Waals surface area contributed by atoms with Crippen molar-refractivity contribution in [3.63, 3.8) is 0 Å². The van der Waals surface area contributed by atoms with Crippen LogP contribution in [0, 0.1) is 6.92 Å². The molecule has 0 fully saturated rings. The Balaban J connectivity index is 2.58. The van der Waals surface area contributed by atoms with Gasteiger partial charge in [-0.15, -0.1) is 0 Å². The van der Waals surface area contributed by atoms with Crippen molar-refractivity contribution in [1.82, 2.24) is 4.98 Å². The number of carboxylic acid groups (broad SMARTS) is 1. The number of aryl methyl sites for hydroxylation is 1. The number of hydrogen-bond acceptors (Lipinski definition) is 2. The highest BCUT2D eigenvalue weighted by Crippen LogP contribution is 2.33. The molecule has 0 spiro atoms. The minimum atomic E-state index is -0.941. The van der Waals surface area contributed by atoms with E-state index in [1.807, 2.05) is 18.2 Å². The average Bonchev–Trinajstić information content (AvgIpc) is 2.71. The first-order chi connectivity index (χ1) is 8.52. The summed E-state index contributed by atoms with van der Waals surface area (Å²) in [5.41, 5.74) is 2.44. The molecule has 0 saturated carbocycles. The lowest BCUT2D eigenvalue weighted by Crippen LogP contribution is -1.95. The predicted octanol–water partition coefficient (Wildman–Crippen LogP) is 3.46. The summed E-state index contributed by atoms with van der Waals surface area (Å²) in [6, 6.07) is 7.20. The van der Waals surface area contributed by atoms with Gasteiger partial charge in [-0.05, 0) is 31.2 Å². The van der Waals surface area contributed by atoms with Crippen LogP contribution in [0.4, 0.5) is 0 Å². The van der Waals surface area contributed by atoms with Crippen molar-refractivity contribution in [1.29, 1.82) is 0 Å². The summed E-state index contributed by atoms with van der Waals surface area (Å²) in [6.45, 7) is 1.73. The van der Waals surface area contributed by atoms with Gasteiger partial charge in [0.2, 0.25) is 0 Å². The fraction of sp³-hybridized carbons (Fsp3) is 0.154. The topological polar surface area (TPSA) is 62.3 Å². The van der Waals surface area contributed by atoms with Crippen LogP contribution in [0.2, 0.25) is 0 Å². The van der Waals surface area contributed by atoms with Gasteiger partial charge in [-0.1, -0.05) is 15.9 Å². The zero-order valence-corrected chi connectivity index (χ0v) is 11.5. The van der Waals surface area contributed by atoms with E-state index in [0.717, 1.165) is 15.7 Å². The molecule has 2 rings (SSSR count). The van der Waals surface area contributed by atoms with Gasteiger partial charge in [-0.25, -0.2) is 4.79 Å². The van der Waals surface area contributed by atoms with E-state index in [9.17, 15) is 4.79 Å². The van der Waals surface area contributed by atoms with Gasteiger partial charge < -0.3 is 14.8 Å². The van der Waals surface area contributed by atoms with Crippen LogP contribution < -0.4 is 4.74 Å². The van der Waals surface area contributed by atoms with Crippen LogP contribution in [0.1, 0.15) is 16.1 Å². The Bertz CT molecular complexity index is 604. The molecule has 0 aliphatic heterocycles. The number of benzene rings is 1. The van der Waals surface area contributed by atoms with Crippen LogP contribution in [0.15, 0.2) is 28.7 Å². The number of carbonyl (C=O) groups is 1. The molecule has 2 aromatic rings. The lowest BCUT2D eigenvalue weighted by molar-refractivity contribution is 0.0696. The van der Waals surface area contributed by atoms with Gasteiger partial charge in [-0.3, -0.25) is 0 Å². The third-order valence-electron chi connectivity index (χ3n) is 2.70. The molecular formula is C13H12BrNO3. The summed E-state index contributed by atoms with van der Waals surface area (Å²) < 4.78 is 6.18. The average molecular weight is 310 g/mol. The first-order valence-corrected chi connectivity index (χ1v) is 6.09. The third-order valence-corrected chi connectivity index (χ3v) is 3.19. The standard InChI is InChI=1S/C13H12BrNO3/c1-7-9(13(16)17)6-11(15-7)10-5-8(14)3-4-12(10)18-2/h3-6,15H,1-2H3,(H,16,17). The van der Waals surface area contributed by atoms with Crippen LogP contribution in [0.25, 0.3) is 11.3 Å². The fourth-order valence-electron chi connectivity index (χ4n) is 1.82. The molecule has 18 heavy (non-hydrogen) atoms. The largest absolute Gasteiger partial charge is 0.496 e. The lowest BCUT2D eigenvalue weighted by Gasteiger charge is -2.07. The van der Waals surface area contributed by atoms with Crippen molar-refractivity contribution in [3.05, 3.63) is 40.0 Å². The number of methoxy groups -OCH3 is 1. The van der Waals surface area contributed by atoms with Gasteiger partial charge in [0.1, 0.15) is 5.75 Å². The number of ether oxygens (including phenoxy) is 1. The summed E-state index contributed by atoms with van der Waals surface area (Å²) in [6.07, 6.45) is 0. The van der Waals surface area contributed by atoms with Crippen molar-refractivity contribution >= 4 is 21.9 Å². The number of hydrogen-bond donors (Lipinski definition) is 2. The van der Waals surface area contributed by atoms with Gasteiger partial charge in [-0.2, -0.15) is 0 Å². The maximum Gasteiger partial charge on any atom is 0.337 e. The van der Waals surface area contributed by atoms with E-state index >= 15 is 0 Å². The molecule has 1 heterocycles. The highest BCUT2D eigenvalue weighted by molar-refractivity contribution is 9.10. The molecule has 1 aromatic heterocycles. The molecule has 0 amide bonds. The van der Waals surface area contributed by atoms with Crippen LogP contribution in [-0.2, 0) is 0 Å². The predicted molar refractivity (Wildman–Crippen MR) is 72.2 cm³/mol. The van der Waals surface area contributed by atoms with Crippen LogP contribution in [0.5, 0.6) is 5.75 Å². The molecule has 0 atom stereocenters. The second-order valence-electron chi connectivity index (χ2n) is 3.87. The number of aromatic nitrogens is 1. The van der Waals surface area contributed by atoms with E-state index in [-0.39, 0.29) is 5.56 Å². The quantitative estimate of drug-likeness (QED) is 0.912. The van der Waals surface area contributed by atoms with Gasteiger partial charge in [0.15, 0.2) is 0 Å². The first kappa shape index (κ1) is 12.7. The third kappa shape index (κ3) is 2.26. The molecule has 4 nitrogen and oxygen atoms in total. The van der Waals surface area contributed by atoms with Crippen LogP contribution in [0.3, 0.4) is 0 Å². The molecule has 0 aliphatic rings. The van der Waals surface area contributed by atoms with E-state index in [0.29, 0.717) is 11.4 Å². The van der Waals surface area contributed by atoms with E-state index < -0.39 is 5.97 Å². The van der Waals surface area contributed by atoms with Crippen molar-refractivity contribution in [2.75, 3.05) is 7.11 Å². The molecule has 5 heteroatoms. The maximum atomic E-state index is 11.0. The summed E-state index contributed by atoms with van der Waals surface area (Å²) in [7, 11) is 1.58. The summed E-state index contributed by atoms with van der Waals surface area (Å²) in [4.78, 5) is 14.1. The van der Waals surface area contributed by atoms with Crippen LogP contribution >= 0.6 is 15.9 Å². The van der Waals surface area contributed by atoms with E-state index in [4.69, 9.17) is 9.84 Å². The Kier molecular flexibility index (Phi) is 3.43. The van der Waals surface area contributed by atoms with Crippen molar-refractivity contribution in [2.24, 2.45) is 0 Å². The lowest BCUT2D eigenvalue weighted by atomic mass is 10.1. The molecule has 0 radical (unpaired) electrons. The van der Waals surface area contributed by atoms with Crippen LogP contribution in [-0.4, -0.2) is 23.2 Å². The Morgan fingerprint density at radius 1 is 1.39 bits per heavy atom. The number of aromatic amines is 1. The number of nitrogens with one attached hydrogen (secondary N) is 1. The number of aromatic carboxylic acids is 1. The van der Waals surface area contributed by atoms with Gasteiger partial charge in [0.25, 0.3) is 0 Å². The second kappa shape index (κ2) is 4.86. The second-order valence-corrected chi connectivity index (χ2v) is 4.79. The summed E-state index contributed by atoms with van der Waals surface area (Å²) >= 11 is 3.39. The zero-order valence-electron chi connectivity index (χ0n) is 9.95. The zero-order chi connectivity index (χ0) is 13.3.